The summed E-state index contributed by atoms with van der Waals surface area (Å²) in [5.74, 6) is 0. The summed E-state index contributed by atoms with van der Waals surface area (Å²) in [5.41, 5.74) is 13.2. The van der Waals surface area contributed by atoms with Crippen LogP contribution in [0.4, 0.5) is 0 Å². The Morgan fingerprint density at radius 2 is 0.769 bits per heavy atom. The first-order valence-corrected chi connectivity index (χ1v) is 13.7. The van der Waals surface area contributed by atoms with Gasteiger partial charge in [-0.1, -0.05) is 133 Å². The van der Waals surface area contributed by atoms with E-state index in [-0.39, 0.29) is 5.41 Å². The molecule has 180 valence electrons. The second-order valence-corrected chi connectivity index (χ2v) is 10.8. The molecular weight excluding hydrogens is 468 g/mol. The van der Waals surface area contributed by atoms with Crippen molar-refractivity contribution < 1.29 is 0 Å². The van der Waals surface area contributed by atoms with Gasteiger partial charge in [-0.15, -0.1) is 0 Å². The highest BCUT2D eigenvalue weighted by atomic mass is 14.5. The van der Waals surface area contributed by atoms with Crippen molar-refractivity contribution in [2.24, 2.45) is 0 Å². The van der Waals surface area contributed by atoms with Crippen LogP contribution in [0.1, 0.15) is 22.3 Å². The molecule has 0 radical (unpaired) electrons. The van der Waals surface area contributed by atoms with Gasteiger partial charge in [-0.2, -0.15) is 0 Å². The van der Waals surface area contributed by atoms with Crippen molar-refractivity contribution in [3.8, 4) is 33.4 Å². The van der Waals surface area contributed by atoms with E-state index in [1.54, 1.807) is 0 Å². The smallest absolute Gasteiger partial charge is 0.0619 e. The molecule has 0 fully saturated rings. The van der Waals surface area contributed by atoms with Crippen molar-refractivity contribution in [2.45, 2.75) is 5.41 Å². The summed E-state index contributed by atoms with van der Waals surface area (Å²) in [7, 11) is 0. The first-order chi connectivity index (χ1) is 19.4. The molecule has 0 atom stereocenters. The zero-order valence-corrected chi connectivity index (χ0v) is 21.4. The van der Waals surface area contributed by atoms with Crippen LogP contribution in [-0.4, -0.2) is 0 Å². The van der Waals surface area contributed by atoms with Crippen LogP contribution in [0.5, 0.6) is 0 Å². The predicted octanol–water partition coefficient (Wildman–Crippen LogP) is 10.0. The third kappa shape index (κ3) is 2.59. The van der Waals surface area contributed by atoms with Crippen molar-refractivity contribution >= 4 is 21.5 Å². The molecule has 0 N–H and O–H groups in total. The summed E-state index contributed by atoms with van der Waals surface area (Å²) in [6.45, 7) is 0. The van der Waals surface area contributed by atoms with Crippen molar-refractivity contribution in [3.05, 3.63) is 168 Å². The quantitative estimate of drug-likeness (QED) is 0.200. The van der Waals surface area contributed by atoms with Crippen molar-refractivity contribution in [1.82, 2.24) is 0 Å². The molecule has 7 aromatic carbocycles. The Morgan fingerprint density at radius 3 is 1.31 bits per heavy atom. The third-order valence-corrected chi connectivity index (χ3v) is 9.06. The van der Waals surface area contributed by atoms with E-state index in [1.165, 1.54) is 77.2 Å². The minimum atomic E-state index is -0.324. The summed E-state index contributed by atoms with van der Waals surface area (Å²) in [6.07, 6.45) is 0. The number of benzene rings is 7. The average Bonchev–Trinajstić information content (AvgIpc) is 3.47. The lowest BCUT2D eigenvalue weighted by Crippen LogP contribution is -2.25. The maximum atomic E-state index is 2.50. The molecule has 0 saturated carbocycles. The van der Waals surface area contributed by atoms with E-state index in [0.29, 0.717) is 0 Å². The molecule has 0 amide bonds. The molecular formula is C39H24. The highest BCUT2D eigenvalue weighted by molar-refractivity contribution is 6.13. The molecule has 9 rings (SSSR count). The second-order valence-electron chi connectivity index (χ2n) is 10.8. The minimum absolute atomic E-state index is 0.324. The Morgan fingerprint density at radius 1 is 0.333 bits per heavy atom. The van der Waals surface area contributed by atoms with Gasteiger partial charge in [0.15, 0.2) is 0 Å². The predicted molar refractivity (Wildman–Crippen MR) is 163 cm³/mol. The van der Waals surface area contributed by atoms with Crippen molar-refractivity contribution in [1.29, 1.82) is 0 Å². The van der Waals surface area contributed by atoms with Gasteiger partial charge in [0, 0.05) is 0 Å². The molecule has 1 spiro atoms. The van der Waals surface area contributed by atoms with Crippen LogP contribution in [0.25, 0.3) is 54.9 Å². The van der Waals surface area contributed by atoms with E-state index in [4.69, 9.17) is 0 Å². The molecule has 0 aromatic heterocycles. The molecule has 0 heteroatoms. The van der Waals surface area contributed by atoms with Gasteiger partial charge in [0.1, 0.15) is 0 Å². The van der Waals surface area contributed by atoms with Crippen LogP contribution in [0, 0.1) is 0 Å². The lowest BCUT2D eigenvalue weighted by molar-refractivity contribution is 0.794. The van der Waals surface area contributed by atoms with Crippen molar-refractivity contribution in [2.75, 3.05) is 0 Å². The Bertz CT molecular complexity index is 2010. The van der Waals surface area contributed by atoms with Gasteiger partial charge in [0.25, 0.3) is 0 Å². The zero-order valence-electron chi connectivity index (χ0n) is 21.4. The molecule has 7 aromatic rings. The van der Waals surface area contributed by atoms with Gasteiger partial charge < -0.3 is 0 Å². The zero-order chi connectivity index (χ0) is 25.6. The fraction of sp³-hybridized carbons (Fsp3) is 0.0256. The molecule has 0 heterocycles. The first-order valence-electron chi connectivity index (χ1n) is 13.7. The fourth-order valence-corrected chi connectivity index (χ4v) is 7.58. The van der Waals surface area contributed by atoms with Gasteiger partial charge in [0.05, 0.1) is 5.41 Å². The summed E-state index contributed by atoms with van der Waals surface area (Å²) >= 11 is 0. The van der Waals surface area contributed by atoms with E-state index in [2.05, 4.69) is 146 Å². The van der Waals surface area contributed by atoms with Gasteiger partial charge in [-0.05, 0) is 89.3 Å². The number of hydrogen-bond donors (Lipinski definition) is 0. The minimum Gasteiger partial charge on any atom is -0.0619 e. The molecule has 2 aliphatic carbocycles. The Labute approximate surface area is 227 Å². The van der Waals surface area contributed by atoms with Crippen LogP contribution in [-0.2, 0) is 5.41 Å². The topological polar surface area (TPSA) is 0 Å². The van der Waals surface area contributed by atoms with Crippen LogP contribution < -0.4 is 0 Å². The highest BCUT2D eigenvalue weighted by Crippen LogP contribution is 2.63. The van der Waals surface area contributed by atoms with E-state index >= 15 is 0 Å². The Balaban J connectivity index is 1.44. The third-order valence-electron chi connectivity index (χ3n) is 9.06. The molecule has 0 nitrogen and oxygen atoms in total. The maximum absolute atomic E-state index is 2.50. The lowest BCUT2D eigenvalue weighted by Gasteiger charge is -2.30. The SMILES string of the molecule is c1ccc2c(c1)-c1ccccc1C21c2ccccc2-c2ccc(-c3c4ccccc4cc4ccccc34)cc21. The largest absolute Gasteiger partial charge is 0.0725 e. The molecule has 0 bridgehead atoms. The van der Waals surface area contributed by atoms with E-state index in [1.807, 2.05) is 0 Å². The lowest BCUT2D eigenvalue weighted by atomic mass is 9.70. The fourth-order valence-electron chi connectivity index (χ4n) is 7.58. The first kappa shape index (κ1) is 21.0. The van der Waals surface area contributed by atoms with E-state index in [0.717, 1.165) is 0 Å². The maximum Gasteiger partial charge on any atom is 0.0725 e. The number of fused-ring (bicyclic) bond motifs is 12. The van der Waals surface area contributed by atoms with Crippen molar-refractivity contribution in [3.63, 3.8) is 0 Å². The van der Waals surface area contributed by atoms with Crippen LogP contribution in [0.3, 0.4) is 0 Å². The Hall–Kier alpha value is -4.94. The van der Waals surface area contributed by atoms with Crippen LogP contribution >= 0.6 is 0 Å². The summed E-state index contributed by atoms with van der Waals surface area (Å²) in [5, 5.41) is 5.16. The van der Waals surface area contributed by atoms with Gasteiger partial charge >= 0.3 is 0 Å². The van der Waals surface area contributed by atoms with Crippen LogP contribution in [0.15, 0.2) is 146 Å². The molecule has 0 saturated heterocycles. The van der Waals surface area contributed by atoms with E-state index in [9.17, 15) is 0 Å². The Kier molecular flexibility index (Phi) is 4.08. The van der Waals surface area contributed by atoms with Gasteiger partial charge in [-0.25, -0.2) is 0 Å². The normalized spacial score (nSPS) is 13.8. The summed E-state index contributed by atoms with van der Waals surface area (Å²) < 4.78 is 0. The molecule has 0 aliphatic heterocycles. The summed E-state index contributed by atoms with van der Waals surface area (Å²) in [6, 6.07) is 54.2. The monoisotopic (exact) mass is 492 g/mol. The van der Waals surface area contributed by atoms with Gasteiger partial charge in [0.2, 0.25) is 0 Å². The summed E-state index contributed by atoms with van der Waals surface area (Å²) in [4.78, 5) is 0. The standard InChI is InChI=1S/C39H24/c1-3-13-28-25(11-1)23-26-12-2-4-14-29(26)38(28)27-21-22-33-32-17-7-10-20-36(32)39(37(33)24-27)34-18-8-5-15-30(34)31-16-6-9-19-35(31)39/h1-24H. The van der Waals surface area contributed by atoms with E-state index < -0.39 is 0 Å². The van der Waals surface area contributed by atoms with Crippen LogP contribution in [0.2, 0.25) is 0 Å². The highest BCUT2D eigenvalue weighted by Gasteiger charge is 2.51. The number of rotatable bonds is 1. The second kappa shape index (κ2) is 7.56. The van der Waals surface area contributed by atoms with Gasteiger partial charge in [-0.3, -0.25) is 0 Å². The number of hydrogen-bond acceptors (Lipinski definition) is 0. The molecule has 2 aliphatic rings. The molecule has 0 unspecified atom stereocenters. The average molecular weight is 493 g/mol. The molecule has 39 heavy (non-hydrogen) atoms.